The van der Waals surface area contributed by atoms with E-state index in [-0.39, 0.29) is 5.41 Å². The molecule has 0 aromatic heterocycles. The number of hydrogen-bond donors (Lipinski definition) is 0. The molecule has 4 rings (SSSR count). The van der Waals surface area contributed by atoms with Crippen molar-refractivity contribution in [2.24, 2.45) is 0 Å². The van der Waals surface area contributed by atoms with Gasteiger partial charge in [-0.25, -0.2) is 0 Å². The van der Waals surface area contributed by atoms with Crippen LogP contribution in [0.2, 0.25) is 0 Å². The molecule has 0 bridgehead atoms. The first-order chi connectivity index (χ1) is 12.0. The van der Waals surface area contributed by atoms with Crippen molar-refractivity contribution in [3.05, 3.63) is 82.9 Å². The van der Waals surface area contributed by atoms with Crippen LogP contribution in [0.15, 0.2) is 60.7 Å². The van der Waals surface area contributed by atoms with Gasteiger partial charge < -0.3 is 0 Å². The molecule has 122 valence electrons. The molecule has 0 amide bonds. The molecule has 25 heavy (non-hydrogen) atoms. The van der Waals surface area contributed by atoms with E-state index >= 15 is 0 Å². The number of hydrogen-bond acceptors (Lipinski definition) is 2. The van der Waals surface area contributed by atoms with Crippen LogP contribution in [0.25, 0.3) is 22.3 Å². The van der Waals surface area contributed by atoms with Crippen molar-refractivity contribution in [1.29, 1.82) is 0 Å². The lowest BCUT2D eigenvalue weighted by Gasteiger charge is -2.22. The minimum absolute atomic E-state index is 0.150. The van der Waals surface area contributed by atoms with Crippen LogP contribution < -0.4 is 0 Å². The molecule has 0 unspecified atom stereocenters. The second kappa shape index (κ2) is 5.52. The van der Waals surface area contributed by atoms with E-state index in [4.69, 9.17) is 0 Å². The van der Waals surface area contributed by atoms with Crippen LogP contribution in [0.3, 0.4) is 0 Å². The molecule has 0 aliphatic heterocycles. The Balaban J connectivity index is 1.85. The van der Waals surface area contributed by atoms with Gasteiger partial charge in [0.2, 0.25) is 0 Å². The minimum Gasteiger partial charge on any atom is -0.298 e. The van der Waals surface area contributed by atoms with Crippen molar-refractivity contribution in [2.75, 3.05) is 0 Å². The fourth-order valence-electron chi connectivity index (χ4n) is 3.76. The van der Waals surface area contributed by atoms with Crippen LogP contribution in [0.5, 0.6) is 0 Å². The van der Waals surface area contributed by atoms with Crippen LogP contribution in [0, 0.1) is 0 Å². The zero-order chi connectivity index (χ0) is 17.6. The lowest BCUT2D eigenvalue weighted by Crippen LogP contribution is -2.15. The zero-order valence-corrected chi connectivity index (χ0v) is 14.2. The first-order valence-electron chi connectivity index (χ1n) is 8.35. The third-order valence-corrected chi connectivity index (χ3v) is 5.22. The Bertz CT molecular complexity index is 995. The zero-order valence-electron chi connectivity index (χ0n) is 14.2. The molecule has 1 aliphatic rings. The van der Waals surface area contributed by atoms with E-state index in [1.54, 1.807) is 0 Å². The fourth-order valence-corrected chi connectivity index (χ4v) is 3.76. The maximum Gasteiger partial charge on any atom is 0.150 e. The summed E-state index contributed by atoms with van der Waals surface area (Å²) < 4.78 is 0. The molecule has 1 aliphatic carbocycles. The topological polar surface area (TPSA) is 34.1 Å². The summed E-state index contributed by atoms with van der Waals surface area (Å²) in [5.41, 5.74) is 8.36. The lowest BCUT2D eigenvalue weighted by molar-refractivity contribution is 0.111. The first-order valence-corrected chi connectivity index (χ1v) is 8.35. The van der Waals surface area contributed by atoms with E-state index < -0.39 is 0 Å². The molecular weight excluding hydrogens is 308 g/mol. The molecule has 3 aromatic carbocycles. The van der Waals surface area contributed by atoms with Crippen LogP contribution in [0.1, 0.15) is 45.7 Å². The van der Waals surface area contributed by atoms with Crippen molar-refractivity contribution < 1.29 is 9.59 Å². The summed E-state index contributed by atoms with van der Waals surface area (Å²) in [7, 11) is 0. The van der Waals surface area contributed by atoms with Gasteiger partial charge in [0.05, 0.1) is 0 Å². The Labute approximate surface area is 147 Å². The summed E-state index contributed by atoms with van der Waals surface area (Å²) in [5.74, 6) is 0. The van der Waals surface area contributed by atoms with Gasteiger partial charge in [-0.05, 0) is 45.5 Å². The molecule has 0 N–H and O–H groups in total. The van der Waals surface area contributed by atoms with Crippen LogP contribution in [0.4, 0.5) is 0 Å². The van der Waals surface area contributed by atoms with Crippen LogP contribution >= 0.6 is 0 Å². The highest BCUT2D eigenvalue weighted by Crippen LogP contribution is 2.49. The van der Waals surface area contributed by atoms with E-state index in [9.17, 15) is 9.59 Å². The summed E-state index contributed by atoms with van der Waals surface area (Å²) in [6, 6.07) is 20.1. The van der Waals surface area contributed by atoms with Crippen molar-refractivity contribution in [1.82, 2.24) is 0 Å². The number of rotatable bonds is 3. The van der Waals surface area contributed by atoms with Crippen molar-refractivity contribution in [2.45, 2.75) is 19.3 Å². The van der Waals surface area contributed by atoms with Crippen molar-refractivity contribution in [3.8, 4) is 22.3 Å². The number of benzene rings is 3. The normalized spacial score (nSPS) is 13.8. The van der Waals surface area contributed by atoms with Crippen LogP contribution in [-0.4, -0.2) is 12.6 Å². The quantitative estimate of drug-likeness (QED) is 0.613. The second-order valence-electron chi connectivity index (χ2n) is 7.05. The van der Waals surface area contributed by atoms with Gasteiger partial charge in [-0.3, -0.25) is 9.59 Å². The first kappa shape index (κ1) is 15.5. The molecule has 0 atom stereocenters. The van der Waals surface area contributed by atoms with Gasteiger partial charge in [-0.15, -0.1) is 0 Å². The standard InChI is InChI=1S/C23H18O2/c1-23(2)21-11-16(14-25)5-9-19(21)20-10-8-18(12-22(20)23)17-6-3-15(13-24)4-7-17/h3-14H,1-2H3. The molecule has 0 spiro atoms. The summed E-state index contributed by atoms with van der Waals surface area (Å²) >= 11 is 0. The fraction of sp³-hybridized carbons (Fsp3) is 0.130. The lowest BCUT2D eigenvalue weighted by atomic mass is 9.81. The molecule has 2 nitrogen and oxygen atoms in total. The number of carbonyl (C=O) groups is 2. The monoisotopic (exact) mass is 326 g/mol. The predicted molar refractivity (Wildman–Crippen MR) is 100 cm³/mol. The van der Waals surface area contributed by atoms with Gasteiger partial charge in [-0.1, -0.05) is 62.4 Å². The second-order valence-corrected chi connectivity index (χ2v) is 7.05. The maximum atomic E-state index is 11.2. The number of carbonyl (C=O) groups excluding carboxylic acids is 2. The van der Waals surface area contributed by atoms with E-state index in [0.717, 1.165) is 23.7 Å². The highest BCUT2D eigenvalue weighted by Gasteiger charge is 2.35. The number of fused-ring (bicyclic) bond motifs is 3. The smallest absolute Gasteiger partial charge is 0.150 e. The van der Waals surface area contributed by atoms with Crippen molar-refractivity contribution >= 4 is 12.6 Å². The third-order valence-electron chi connectivity index (χ3n) is 5.22. The predicted octanol–water partition coefficient (Wildman–Crippen LogP) is 5.28. The Hall–Kier alpha value is -3.00. The molecule has 0 heterocycles. The molecule has 2 heteroatoms. The SMILES string of the molecule is CC1(C)c2cc(C=O)ccc2-c2ccc(-c3ccc(C=O)cc3)cc21. The third kappa shape index (κ3) is 2.33. The molecule has 0 fully saturated rings. The molecule has 0 saturated heterocycles. The van der Waals surface area contributed by atoms with E-state index in [0.29, 0.717) is 11.1 Å². The summed E-state index contributed by atoms with van der Waals surface area (Å²) in [6.07, 6.45) is 1.76. The van der Waals surface area contributed by atoms with Crippen molar-refractivity contribution in [3.63, 3.8) is 0 Å². The van der Waals surface area contributed by atoms with E-state index in [2.05, 4.69) is 32.0 Å². The van der Waals surface area contributed by atoms with Gasteiger partial charge in [0.25, 0.3) is 0 Å². The highest BCUT2D eigenvalue weighted by atomic mass is 16.1. The average Bonchev–Trinajstić information content (AvgIpc) is 2.88. The average molecular weight is 326 g/mol. The Morgan fingerprint density at radius 3 is 1.80 bits per heavy atom. The summed E-state index contributed by atoms with van der Waals surface area (Å²) in [5, 5.41) is 0. The Morgan fingerprint density at radius 2 is 1.16 bits per heavy atom. The maximum absolute atomic E-state index is 11.2. The number of aldehydes is 2. The summed E-state index contributed by atoms with van der Waals surface area (Å²) in [4.78, 5) is 22.0. The highest BCUT2D eigenvalue weighted by molar-refractivity contribution is 5.87. The molecule has 3 aromatic rings. The van der Waals surface area contributed by atoms with E-state index in [1.807, 2.05) is 42.5 Å². The van der Waals surface area contributed by atoms with E-state index in [1.165, 1.54) is 22.3 Å². The van der Waals surface area contributed by atoms with Crippen LogP contribution in [-0.2, 0) is 5.41 Å². The minimum atomic E-state index is -0.150. The Kier molecular flexibility index (Phi) is 3.43. The molecular formula is C23H18O2. The van der Waals surface area contributed by atoms with Gasteiger partial charge in [0.15, 0.2) is 0 Å². The molecule has 0 saturated carbocycles. The van der Waals surface area contributed by atoms with Gasteiger partial charge in [0, 0.05) is 16.5 Å². The van der Waals surface area contributed by atoms with Gasteiger partial charge >= 0.3 is 0 Å². The van der Waals surface area contributed by atoms with Gasteiger partial charge in [0.1, 0.15) is 12.6 Å². The molecule has 0 radical (unpaired) electrons. The van der Waals surface area contributed by atoms with Gasteiger partial charge in [-0.2, -0.15) is 0 Å². The largest absolute Gasteiger partial charge is 0.298 e. The Morgan fingerprint density at radius 1 is 0.640 bits per heavy atom. The summed E-state index contributed by atoms with van der Waals surface area (Å²) in [6.45, 7) is 4.40.